The van der Waals surface area contributed by atoms with Crippen LogP contribution in [0.2, 0.25) is 0 Å². The first-order valence-electron chi connectivity index (χ1n) is 6.72. The molecule has 2 aromatic rings. The lowest BCUT2D eigenvalue weighted by Crippen LogP contribution is -2.46. The normalized spacial score (nSPS) is 16.2. The first-order chi connectivity index (χ1) is 10.4. The van der Waals surface area contributed by atoms with E-state index < -0.39 is 11.1 Å². The Morgan fingerprint density at radius 2 is 1.55 bits per heavy atom. The molecule has 0 bridgehead atoms. The molecule has 0 aliphatic carbocycles. The summed E-state index contributed by atoms with van der Waals surface area (Å²) in [4.78, 5) is 7.12. The summed E-state index contributed by atoms with van der Waals surface area (Å²) in [5.41, 5.74) is 0.913. The molecule has 0 spiro atoms. The van der Waals surface area contributed by atoms with Crippen LogP contribution in [0.5, 0.6) is 0 Å². The van der Waals surface area contributed by atoms with E-state index in [-0.39, 0.29) is 5.82 Å². The molecule has 3 nitrogen and oxygen atoms in total. The summed E-state index contributed by atoms with van der Waals surface area (Å²) in [6, 6.07) is 6.21. The Kier molecular flexibility index (Phi) is 3.94. The Morgan fingerprint density at radius 1 is 0.955 bits per heavy atom. The van der Waals surface area contributed by atoms with Crippen molar-refractivity contribution in [3.63, 3.8) is 0 Å². The molecule has 0 atom stereocenters. The summed E-state index contributed by atoms with van der Waals surface area (Å²) in [6.07, 6.45) is -3.46. The maximum atomic E-state index is 12.9. The van der Waals surface area contributed by atoms with Crippen LogP contribution in [0, 0.1) is 5.82 Å². The fourth-order valence-corrected chi connectivity index (χ4v) is 3.18. The lowest BCUT2D eigenvalue weighted by atomic mass is 10.2. The zero-order valence-electron chi connectivity index (χ0n) is 11.5. The number of anilines is 2. The highest BCUT2D eigenvalue weighted by atomic mass is 32.1. The fraction of sp³-hybridized carbons (Fsp3) is 0.357. The van der Waals surface area contributed by atoms with Gasteiger partial charge in [0.1, 0.15) is 10.7 Å². The van der Waals surface area contributed by atoms with Gasteiger partial charge in [0.05, 0.1) is 6.20 Å². The van der Waals surface area contributed by atoms with Crippen LogP contribution >= 0.6 is 11.3 Å². The van der Waals surface area contributed by atoms with E-state index in [1.54, 1.807) is 12.1 Å². The van der Waals surface area contributed by atoms with Gasteiger partial charge in [0.15, 0.2) is 5.13 Å². The van der Waals surface area contributed by atoms with Crippen LogP contribution in [0.25, 0.3) is 0 Å². The summed E-state index contributed by atoms with van der Waals surface area (Å²) in [7, 11) is 0. The van der Waals surface area contributed by atoms with E-state index in [0.717, 1.165) is 11.9 Å². The second kappa shape index (κ2) is 5.75. The molecule has 1 aromatic heterocycles. The summed E-state index contributed by atoms with van der Waals surface area (Å²) in [6.45, 7) is 2.49. The monoisotopic (exact) mass is 331 g/mol. The average Bonchev–Trinajstić information content (AvgIpc) is 2.98. The third kappa shape index (κ3) is 3.16. The molecule has 3 rings (SSSR count). The molecule has 1 aromatic carbocycles. The predicted molar refractivity (Wildman–Crippen MR) is 77.9 cm³/mol. The highest BCUT2D eigenvalue weighted by molar-refractivity contribution is 7.15. The van der Waals surface area contributed by atoms with E-state index in [1.807, 2.05) is 4.90 Å². The van der Waals surface area contributed by atoms with Crippen molar-refractivity contribution in [2.24, 2.45) is 0 Å². The van der Waals surface area contributed by atoms with Gasteiger partial charge in [-0.1, -0.05) is 11.3 Å². The number of nitrogens with zero attached hydrogens (tertiary/aromatic N) is 3. The van der Waals surface area contributed by atoms with E-state index in [9.17, 15) is 17.6 Å². The minimum atomic E-state index is -4.34. The fourth-order valence-electron chi connectivity index (χ4n) is 2.35. The highest BCUT2D eigenvalue weighted by Gasteiger charge is 2.34. The van der Waals surface area contributed by atoms with Crippen LogP contribution in [0.3, 0.4) is 0 Å². The van der Waals surface area contributed by atoms with Crippen LogP contribution in [-0.2, 0) is 6.18 Å². The number of thiazole rings is 1. The van der Waals surface area contributed by atoms with Crippen LogP contribution < -0.4 is 9.80 Å². The van der Waals surface area contributed by atoms with Crippen LogP contribution in [0.1, 0.15) is 4.88 Å². The summed E-state index contributed by atoms with van der Waals surface area (Å²) in [5, 5.41) is 0.395. The predicted octanol–water partition coefficient (Wildman–Crippen LogP) is 3.63. The summed E-state index contributed by atoms with van der Waals surface area (Å²) < 4.78 is 50.7. The van der Waals surface area contributed by atoms with Crippen molar-refractivity contribution in [1.82, 2.24) is 4.98 Å². The number of hydrogen-bond acceptors (Lipinski definition) is 4. The summed E-state index contributed by atoms with van der Waals surface area (Å²) >= 11 is 0.667. The van der Waals surface area contributed by atoms with Crippen molar-refractivity contribution < 1.29 is 17.6 Å². The van der Waals surface area contributed by atoms with Crippen LogP contribution in [-0.4, -0.2) is 31.2 Å². The van der Waals surface area contributed by atoms with Crippen molar-refractivity contribution in [3.05, 3.63) is 41.2 Å². The number of alkyl halides is 3. The van der Waals surface area contributed by atoms with Crippen molar-refractivity contribution >= 4 is 22.2 Å². The van der Waals surface area contributed by atoms with Gasteiger partial charge in [0, 0.05) is 31.9 Å². The first kappa shape index (κ1) is 15.1. The second-order valence-corrected chi connectivity index (χ2v) is 5.96. The molecule has 1 aliphatic rings. The van der Waals surface area contributed by atoms with Crippen molar-refractivity contribution in [2.75, 3.05) is 36.0 Å². The van der Waals surface area contributed by atoms with E-state index in [1.165, 1.54) is 12.1 Å². The van der Waals surface area contributed by atoms with Gasteiger partial charge in [0.2, 0.25) is 0 Å². The molecule has 22 heavy (non-hydrogen) atoms. The van der Waals surface area contributed by atoms with Gasteiger partial charge < -0.3 is 9.80 Å². The number of piperazine rings is 1. The third-order valence-corrected chi connectivity index (χ3v) is 4.62. The van der Waals surface area contributed by atoms with E-state index >= 15 is 0 Å². The van der Waals surface area contributed by atoms with Gasteiger partial charge in [-0.3, -0.25) is 0 Å². The van der Waals surface area contributed by atoms with Gasteiger partial charge in [0.25, 0.3) is 0 Å². The van der Waals surface area contributed by atoms with Crippen LogP contribution in [0.4, 0.5) is 28.4 Å². The van der Waals surface area contributed by atoms with Crippen molar-refractivity contribution in [1.29, 1.82) is 0 Å². The van der Waals surface area contributed by atoms with Gasteiger partial charge >= 0.3 is 6.18 Å². The van der Waals surface area contributed by atoms with Gasteiger partial charge in [-0.05, 0) is 24.3 Å². The molecule has 0 radical (unpaired) electrons. The zero-order valence-corrected chi connectivity index (χ0v) is 12.3. The first-order valence-corrected chi connectivity index (χ1v) is 7.53. The smallest absolute Gasteiger partial charge is 0.368 e. The molecule has 118 valence electrons. The molecule has 0 N–H and O–H groups in total. The van der Waals surface area contributed by atoms with E-state index in [4.69, 9.17) is 0 Å². The maximum absolute atomic E-state index is 12.9. The Hall–Kier alpha value is -1.83. The van der Waals surface area contributed by atoms with Crippen molar-refractivity contribution in [3.8, 4) is 0 Å². The Morgan fingerprint density at radius 3 is 2.09 bits per heavy atom. The molecule has 1 saturated heterocycles. The Labute approximate surface area is 128 Å². The topological polar surface area (TPSA) is 19.4 Å². The van der Waals surface area contributed by atoms with Gasteiger partial charge in [-0.25, -0.2) is 9.37 Å². The zero-order chi connectivity index (χ0) is 15.7. The summed E-state index contributed by atoms with van der Waals surface area (Å²) in [5.74, 6) is -0.287. The molecule has 8 heteroatoms. The lowest BCUT2D eigenvalue weighted by Gasteiger charge is -2.36. The van der Waals surface area contributed by atoms with Crippen LogP contribution in [0.15, 0.2) is 30.5 Å². The molecule has 0 saturated carbocycles. The van der Waals surface area contributed by atoms with Crippen molar-refractivity contribution in [2.45, 2.75) is 6.18 Å². The second-order valence-electron chi connectivity index (χ2n) is 4.96. The Balaban J connectivity index is 1.64. The number of halogens is 4. The molecule has 1 fully saturated rings. The average molecular weight is 331 g/mol. The lowest BCUT2D eigenvalue weighted by molar-refractivity contribution is -0.134. The quantitative estimate of drug-likeness (QED) is 0.784. The maximum Gasteiger partial charge on any atom is 0.427 e. The number of aromatic nitrogens is 1. The molecule has 1 aliphatic heterocycles. The van der Waals surface area contributed by atoms with E-state index in [0.29, 0.717) is 42.6 Å². The minimum absolute atomic E-state index is 0.287. The molecular formula is C14H13F4N3S. The number of hydrogen-bond donors (Lipinski definition) is 0. The largest absolute Gasteiger partial charge is 0.427 e. The molecule has 0 amide bonds. The molecule has 0 unspecified atom stereocenters. The molecular weight excluding hydrogens is 318 g/mol. The van der Waals surface area contributed by atoms with Gasteiger partial charge in [-0.15, -0.1) is 0 Å². The number of benzene rings is 1. The number of rotatable bonds is 2. The van der Waals surface area contributed by atoms with Gasteiger partial charge in [-0.2, -0.15) is 13.2 Å². The highest BCUT2D eigenvalue weighted by Crippen LogP contribution is 2.36. The third-order valence-electron chi connectivity index (χ3n) is 3.51. The SMILES string of the molecule is Fc1ccc(N2CCN(c3ncc(C(F)(F)F)s3)CC2)cc1. The molecule has 2 heterocycles. The van der Waals surface area contributed by atoms with E-state index in [2.05, 4.69) is 9.88 Å². The minimum Gasteiger partial charge on any atom is -0.368 e. The standard InChI is InChI=1S/C14H13F4N3S/c15-10-1-3-11(4-2-10)20-5-7-21(8-6-20)13-19-9-12(22-13)14(16,17)18/h1-4,9H,5-8H2. The Bertz CT molecular complexity index is 630.